The van der Waals surface area contributed by atoms with Crippen LogP contribution in [0, 0.1) is 0 Å². The average molecular weight is 228 g/mol. The van der Waals surface area contributed by atoms with Gasteiger partial charge in [0.25, 0.3) is 0 Å². The molecule has 1 atom stereocenters. The molecule has 0 saturated heterocycles. The van der Waals surface area contributed by atoms with Gasteiger partial charge in [-0.1, -0.05) is 38.1 Å². The number of benzene rings is 2. The molecule has 2 rings (SSSR count). The molecule has 0 spiro atoms. The van der Waals surface area contributed by atoms with Crippen molar-refractivity contribution in [2.75, 3.05) is 0 Å². The van der Waals surface area contributed by atoms with Crippen molar-refractivity contribution < 1.29 is 4.74 Å². The molecule has 0 aliphatic heterocycles. The molecule has 0 saturated carbocycles. The molecule has 2 aromatic rings. The minimum atomic E-state index is 0.279. The van der Waals surface area contributed by atoms with Crippen LogP contribution >= 0.6 is 0 Å². The zero-order valence-corrected chi connectivity index (χ0v) is 10.9. The predicted molar refractivity (Wildman–Crippen MR) is 73.7 cm³/mol. The van der Waals surface area contributed by atoms with E-state index in [0.717, 1.165) is 18.6 Å². The summed E-state index contributed by atoms with van der Waals surface area (Å²) in [6.45, 7) is 6.44. The highest BCUT2D eigenvalue weighted by molar-refractivity contribution is 5.85. The fourth-order valence-electron chi connectivity index (χ4n) is 1.95. The molecule has 1 unspecified atom stereocenters. The minimum absolute atomic E-state index is 0.279. The van der Waals surface area contributed by atoms with Crippen LogP contribution in [0.25, 0.3) is 10.8 Å². The molecule has 0 aromatic heterocycles. The molecule has 0 heterocycles. The summed E-state index contributed by atoms with van der Waals surface area (Å²) in [4.78, 5) is 0. The van der Waals surface area contributed by atoms with Gasteiger partial charge in [0, 0.05) is 0 Å². The van der Waals surface area contributed by atoms with E-state index < -0.39 is 0 Å². The minimum Gasteiger partial charge on any atom is -0.490 e. The normalized spacial score (nSPS) is 12.6. The maximum absolute atomic E-state index is 5.99. The summed E-state index contributed by atoms with van der Waals surface area (Å²) < 4.78 is 5.99. The van der Waals surface area contributed by atoms with Crippen LogP contribution in [0.4, 0.5) is 0 Å². The Labute approximate surface area is 103 Å². The molecule has 0 fully saturated rings. The highest BCUT2D eigenvalue weighted by atomic mass is 16.5. The van der Waals surface area contributed by atoms with Crippen molar-refractivity contribution in [1.82, 2.24) is 0 Å². The van der Waals surface area contributed by atoms with Gasteiger partial charge in [0.05, 0.1) is 6.10 Å². The van der Waals surface area contributed by atoms with Gasteiger partial charge in [-0.25, -0.2) is 0 Å². The molecule has 1 heteroatoms. The van der Waals surface area contributed by atoms with Gasteiger partial charge in [0.2, 0.25) is 0 Å². The summed E-state index contributed by atoms with van der Waals surface area (Å²) in [5, 5.41) is 2.55. The van der Waals surface area contributed by atoms with Gasteiger partial charge in [-0.05, 0) is 48.2 Å². The van der Waals surface area contributed by atoms with Crippen molar-refractivity contribution in [2.45, 2.75) is 39.7 Å². The molecule has 0 bridgehead atoms. The Kier molecular flexibility index (Phi) is 3.68. The highest BCUT2D eigenvalue weighted by Crippen LogP contribution is 2.27. The second-order valence-electron chi connectivity index (χ2n) is 4.50. The van der Waals surface area contributed by atoms with Crippen molar-refractivity contribution in [3.8, 4) is 5.75 Å². The van der Waals surface area contributed by atoms with Crippen molar-refractivity contribution in [3.63, 3.8) is 0 Å². The number of fused-ring (bicyclic) bond motifs is 1. The Morgan fingerprint density at radius 2 is 1.71 bits per heavy atom. The molecule has 0 aliphatic carbocycles. The van der Waals surface area contributed by atoms with Gasteiger partial charge >= 0.3 is 0 Å². The first-order chi connectivity index (χ1) is 8.24. The summed E-state index contributed by atoms with van der Waals surface area (Å²) in [5.41, 5.74) is 1.30. The van der Waals surface area contributed by atoms with Crippen LogP contribution in [-0.4, -0.2) is 6.10 Å². The highest BCUT2D eigenvalue weighted by Gasteiger charge is 2.07. The van der Waals surface area contributed by atoms with Crippen LogP contribution in [0.2, 0.25) is 0 Å². The maximum atomic E-state index is 5.99. The summed E-state index contributed by atoms with van der Waals surface area (Å²) in [5.74, 6) is 1.04. The Balaban J connectivity index is 2.45. The van der Waals surface area contributed by atoms with Gasteiger partial charge < -0.3 is 4.74 Å². The predicted octanol–water partition coefficient (Wildman–Crippen LogP) is 4.58. The van der Waals surface area contributed by atoms with E-state index >= 15 is 0 Å². The molecule has 0 N–H and O–H groups in total. The molecule has 0 amide bonds. The van der Waals surface area contributed by atoms with Gasteiger partial charge in [-0.3, -0.25) is 0 Å². The third kappa shape index (κ3) is 2.60. The molecule has 17 heavy (non-hydrogen) atoms. The van der Waals surface area contributed by atoms with Gasteiger partial charge in [0.15, 0.2) is 0 Å². The summed E-state index contributed by atoms with van der Waals surface area (Å²) in [6, 6.07) is 12.9. The Bertz CT molecular complexity index is 502. The van der Waals surface area contributed by atoms with Crippen LogP contribution in [0.1, 0.15) is 32.8 Å². The van der Waals surface area contributed by atoms with Gasteiger partial charge in [0.1, 0.15) is 5.75 Å². The molecule has 0 radical (unpaired) electrons. The number of hydrogen-bond acceptors (Lipinski definition) is 1. The largest absolute Gasteiger partial charge is 0.490 e. The van der Waals surface area contributed by atoms with Crippen molar-refractivity contribution >= 4 is 10.8 Å². The maximum Gasteiger partial charge on any atom is 0.123 e. The lowest BCUT2D eigenvalue weighted by molar-refractivity contribution is 0.216. The van der Waals surface area contributed by atoms with Crippen LogP contribution in [0.5, 0.6) is 5.75 Å². The van der Waals surface area contributed by atoms with Crippen molar-refractivity contribution in [2.24, 2.45) is 0 Å². The number of ether oxygens (including phenoxy) is 1. The molecule has 0 aliphatic rings. The fraction of sp³-hybridized carbons (Fsp3) is 0.375. The van der Waals surface area contributed by atoms with Crippen LogP contribution < -0.4 is 4.74 Å². The van der Waals surface area contributed by atoms with Crippen LogP contribution in [0.3, 0.4) is 0 Å². The van der Waals surface area contributed by atoms with Crippen molar-refractivity contribution in [1.29, 1.82) is 0 Å². The fourth-order valence-corrected chi connectivity index (χ4v) is 1.95. The average Bonchev–Trinajstić information content (AvgIpc) is 2.37. The van der Waals surface area contributed by atoms with Crippen LogP contribution in [-0.2, 0) is 6.42 Å². The topological polar surface area (TPSA) is 9.23 Å². The number of rotatable bonds is 4. The standard InChI is InChI=1S/C16H20O/c1-4-12(3)17-16-11-15-9-7-6-8-14(15)10-13(16)5-2/h6-12H,4-5H2,1-3H3. The quantitative estimate of drug-likeness (QED) is 0.744. The van der Waals surface area contributed by atoms with E-state index in [1.54, 1.807) is 0 Å². The number of hydrogen-bond donors (Lipinski definition) is 0. The van der Waals surface area contributed by atoms with Crippen LogP contribution in [0.15, 0.2) is 36.4 Å². The van der Waals surface area contributed by atoms with Gasteiger partial charge in [-0.15, -0.1) is 0 Å². The van der Waals surface area contributed by atoms with E-state index in [-0.39, 0.29) is 6.10 Å². The second-order valence-corrected chi connectivity index (χ2v) is 4.50. The van der Waals surface area contributed by atoms with E-state index in [4.69, 9.17) is 4.74 Å². The van der Waals surface area contributed by atoms with Gasteiger partial charge in [-0.2, -0.15) is 0 Å². The summed E-state index contributed by atoms with van der Waals surface area (Å²) >= 11 is 0. The zero-order chi connectivity index (χ0) is 12.3. The molecular formula is C16H20O. The van der Waals surface area contributed by atoms with Crippen molar-refractivity contribution in [3.05, 3.63) is 42.0 Å². The zero-order valence-electron chi connectivity index (χ0n) is 10.9. The monoisotopic (exact) mass is 228 g/mol. The molecular weight excluding hydrogens is 208 g/mol. The third-order valence-corrected chi connectivity index (χ3v) is 3.21. The molecule has 90 valence electrons. The summed E-state index contributed by atoms with van der Waals surface area (Å²) in [7, 11) is 0. The van der Waals surface area contributed by atoms with E-state index in [9.17, 15) is 0 Å². The lowest BCUT2D eigenvalue weighted by Gasteiger charge is -2.16. The lowest BCUT2D eigenvalue weighted by Crippen LogP contribution is -2.11. The Hall–Kier alpha value is -1.50. The SMILES string of the molecule is CCc1cc2ccccc2cc1OC(C)CC. The Morgan fingerprint density at radius 1 is 1.06 bits per heavy atom. The first kappa shape index (κ1) is 12.0. The first-order valence-electron chi connectivity index (χ1n) is 6.43. The lowest BCUT2D eigenvalue weighted by atomic mass is 10.0. The van der Waals surface area contributed by atoms with E-state index in [0.29, 0.717) is 0 Å². The van der Waals surface area contributed by atoms with E-state index in [1.165, 1.54) is 16.3 Å². The Morgan fingerprint density at radius 3 is 2.29 bits per heavy atom. The smallest absolute Gasteiger partial charge is 0.123 e. The second kappa shape index (κ2) is 5.22. The van der Waals surface area contributed by atoms with E-state index in [2.05, 4.69) is 57.2 Å². The molecule has 1 nitrogen and oxygen atoms in total. The first-order valence-corrected chi connectivity index (χ1v) is 6.43. The third-order valence-electron chi connectivity index (χ3n) is 3.21. The molecule has 2 aromatic carbocycles. The summed E-state index contributed by atoms with van der Waals surface area (Å²) in [6.07, 6.45) is 2.33. The van der Waals surface area contributed by atoms with E-state index in [1.807, 2.05) is 0 Å². The number of aryl methyl sites for hydroxylation is 1.